The van der Waals surface area contributed by atoms with E-state index >= 15 is 0 Å². The SMILES string of the molecule is Cc1cccc(O[C@@H](C)C(=O)OCC(=O)NCc2ccc(N(C)C)cc2)c1. The van der Waals surface area contributed by atoms with Crippen LogP contribution in [0.4, 0.5) is 5.69 Å². The van der Waals surface area contributed by atoms with E-state index in [0.717, 1.165) is 16.8 Å². The monoisotopic (exact) mass is 370 g/mol. The average Bonchev–Trinajstić information content (AvgIpc) is 2.64. The van der Waals surface area contributed by atoms with Crippen molar-refractivity contribution in [2.24, 2.45) is 0 Å². The summed E-state index contributed by atoms with van der Waals surface area (Å²) in [5, 5.41) is 2.73. The van der Waals surface area contributed by atoms with Crippen molar-refractivity contribution in [3.63, 3.8) is 0 Å². The molecule has 0 aliphatic carbocycles. The van der Waals surface area contributed by atoms with Crippen LogP contribution >= 0.6 is 0 Å². The third-order valence-electron chi connectivity index (χ3n) is 3.92. The van der Waals surface area contributed by atoms with Gasteiger partial charge in [0.05, 0.1) is 0 Å². The molecule has 0 unspecified atom stereocenters. The Labute approximate surface area is 160 Å². The summed E-state index contributed by atoms with van der Waals surface area (Å²) in [5.74, 6) is -0.352. The number of carbonyl (C=O) groups excluding carboxylic acids is 2. The topological polar surface area (TPSA) is 67.9 Å². The molecular weight excluding hydrogens is 344 g/mol. The van der Waals surface area contributed by atoms with Crippen LogP contribution in [-0.2, 0) is 20.9 Å². The minimum atomic E-state index is -0.793. The lowest BCUT2D eigenvalue weighted by atomic mass is 10.2. The first-order valence-corrected chi connectivity index (χ1v) is 8.78. The molecule has 27 heavy (non-hydrogen) atoms. The van der Waals surface area contributed by atoms with Gasteiger partial charge in [-0.25, -0.2) is 4.79 Å². The quantitative estimate of drug-likeness (QED) is 0.724. The Bertz CT molecular complexity index is 772. The molecule has 144 valence electrons. The molecule has 0 aliphatic rings. The Morgan fingerprint density at radius 2 is 1.81 bits per heavy atom. The highest BCUT2D eigenvalue weighted by Gasteiger charge is 2.17. The molecule has 0 fully saturated rings. The number of anilines is 1. The van der Waals surface area contributed by atoms with E-state index in [2.05, 4.69) is 5.32 Å². The Balaban J connectivity index is 1.73. The Morgan fingerprint density at radius 3 is 2.44 bits per heavy atom. The molecule has 0 saturated carbocycles. The molecule has 2 aromatic carbocycles. The summed E-state index contributed by atoms with van der Waals surface area (Å²) in [6, 6.07) is 15.2. The van der Waals surface area contributed by atoms with Gasteiger partial charge in [-0.15, -0.1) is 0 Å². The van der Waals surface area contributed by atoms with Crippen LogP contribution in [-0.4, -0.2) is 38.7 Å². The first kappa shape index (κ1) is 20.3. The fourth-order valence-corrected chi connectivity index (χ4v) is 2.36. The van der Waals surface area contributed by atoms with E-state index in [1.807, 2.05) is 68.4 Å². The molecule has 0 aromatic heterocycles. The van der Waals surface area contributed by atoms with E-state index in [1.165, 1.54) is 0 Å². The van der Waals surface area contributed by atoms with Crippen LogP contribution in [0.5, 0.6) is 5.75 Å². The number of nitrogens with one attached hydrogen (secondary N) is 1. The van der Waals surface area contributed by atoms with E-state index < -0.39 is 12.1 Å². The van der Waals surface area contributed by atoms with Gasteiger partial charge in [0.2, 0.25) is 0 Å². The van der Waals surface area contributed by atoms with Crippen molar-refractivity contribution < 1.29 is 19.1 Å². The number of benzene rings is 2. The lowest BCUT2D eigenvalue weighted by molar-refractivity contribution is -0.154. The lowest BCUT2D eigenvalue weighted by Crippen LogP contribution is -2.32. The molecule has 0 heterocycles. The Hall–Kier alpha value is -3.02. The van der Waals surface area contributed by atoms with Crippen molar-refractivity contribution in [2.75, 3.05) is 25.6 Å². The minimum absolute atomic E-state index is 0.337. The van der Waals surface area contributed by atoms with Gasteiger partial charge in [0.25, 0.3) is 5.91 Å². The zero-order chi connectivity index (χ0) is 19.8. The first-order chi connectivity index (χ1) is 12.8. The zero-order valence-electron chi connectivity index (χ0n) is 16.2. The molecule has 6 nitrogen and oxygen atoms in total. The molecule has 1 N–H and O–H groups in total. The fraction of sp³-hybridized carbons (Fsp3) is 0.333. The number of ether oxygens (including phenoxy) is 2. The first-order valence-electron chi connectivity index (χ1n) is 8.78. The van der Waals surface area contributed by atoms with E-state index in [-0.39, 0.29) is 12.5 Å². The van der Waals surface area contributed by atoms with Crippen molar-refractivity contribution in [1.29, 1.82) is 0 Å². The molecular formula is C21H26N2O4. The maximum Gasteiger partial charge on any atom is 0.347 e. The highest BCUT2D eigenvalue weighted by molar-refractivity contribution is 5.82. The number of esters is 1. The van der Waals surface area contributed by atoms with E-state index in [9.17, 15) is 9.59 Å². The van der Waals surface area contributed by atoms with Crippen molar-refractivity contribution in [2.45, 2.75) is 26.5 Å². The van der Waals surface area contributed by atoms with Crippen molar-refractivity contribution in [3.8, 4) is 5.75 Å². The van der Waals surface area contributed by atoms with Crippen LogP contribution in [0.15, 0.2) is 48.5 Å². The van der Waals surface area contributed by atoms with Gasteiger partial charge in [-0.1, -0.05) is 24.3 Å². The molecule has 0 bridgehead atoms. The summed E-state index contributed by atoms with van der Waals surface area (Å²) in [5.41, 5.74) is 3.09. The highest BCUT2D eigenvalue weighted by atomic mass is 16.6. The highest BCUT2D eigenvalue weighted by Crippen LogP contribution is 2.14. The average molecular weight is 370 g/mol. The van der Waals surface area contributed by atoms with Gasteiger partial charge >= 0.3 is 5.97 Å². The summed E-state index contributed by atoms with van der Waals surface area (Å²) < 4.78 is 10.6. The Morgan fingerprint density at radius 1 is 1.11 bits per heavy atom. The van der Waals surface area contributed by atoms with Gasteiger partial charge in [0, 0.05) is 26.3 Å². The van der Waals surface area contributed by atoms with Gasteiger partial charge in [-0.2, -0.15) is 0 Å². The van der Waals surface area contributed by atoms with E-state index in [4.69, 9.17) is 9.47 Å². The fourth-order valence-electron chi connectivity index (χ4n) is 2.36. The van der Waals surface area contributed by atoms with Crippen LogP contribution < -0.4 is 15.0 Å². The van der Waals surface area contributed by atoms with Crippen LogP contribution in [0.3, 0.4) is 0 Å². The predicted octanol–water partition coefficient (Wildman–Crippen LogP) is 2.69. The molecule has 2 rings (SSSR count). The van der Waals surface area contributed by atoms with E-state index in [1.54, 1.807) is 13.0 Å². The van der Waals surface area contributed by atoms with Gasteiger partial charge < -0.3 is 19.7 Å². The largest absolute Gasteiger partial charge is 0.479 e. The number of hydrogen-bond donors (Lipinski definition) is 1. The molecule has 1 atom stereocenters. The second-order valence-corrected chi connectivity index (χ2v) is 6.52. The number of nitrogens with zero attached hydrogens (tertiary/aromatic N) is 1. The number of hydrogen-bond acceptors (Lipinski definition) is 5. The van der Waals surface area contributed by atoms with Crippen molar-refractivity contribution in [1.82, 2.24) is 5.32 Å². The van der Waals surface area contributed by atoms with Gasteiger partial charge in [-0.3, -0.25) is 4.79 Å². The summed E-state index contributed by atoms with van der Waals surface area (Å²) in [6.07, 6.45) is -0.793. The second-order valence-electron chi connectivity index (χ2n) is 6.52. The minimum Gasteiger partial charge on any atom is -0.479 e. The van der Waals surface area contributed by atoms with Crippen LogP contribution in [0.2, 0.25) is 0 Å². The maximum atomic E-state index is 12.0. The van der Waals surface area contributed by atoms with Gasteiger partial charge in [0.1, 0.15) is 5.75 Å². The van der Waals surface area contributed by atoms with Crippen LogP contribution in [0, 0.1) is 6.92 Å². The van der Waals surface area contributed by atoms with E-state index in [0.29, 0.717) is 12.3 Å². The second kappa shape index (κ2) is 9.62. The normalized spacial score (nSPS) is 11.4. The molecule has 1 amide bonds. The van der Waals surface area contributed by atoms with Crippen molar-refractivity contribution >= 4 is 17.6 Å². The molecule has 2 aromatic rings. The summed E-state index contributed by atoms with van der Waals surface area (Å²) in [7, 11) is 3.93. The number of amides is 1. The van der Waals surface area contributed by atoms with Gasteiger partial charge in [-0.05, 0) is 49.2 Å². The van der Waals surface area contributed by atoms with Crippen LogP contribution in [0.25, 0.3) is 0 Å². The molecule has 6 heteroatoms. The van der Waals surface area contributed by atoms with Crippen LogP contribution in [0.1, 0.15) is 18.1 Å². The lowest BCUT2D eigenvalue weighted by Gasteiger charge is -2.14. The molecule has 0 spiro atoms. The third-order valence-corrected chi connectivity index (χ3v) is 3.92. The molecule has 0 radical (unpaired) electrons. The standard InChI is InChI=1S/C21H26N2O4/c1-15-6-5-7-19(12-15)27-16(2)21(25)26-14-20(24)22-13-17-8-10-18(11-9-17)23(3)4/h5-12,16H,13-14H2,1-4H3,(H,22,24)/t16-/m0/s1. The molecule has 0 aliphatic heterocycles. The number of carbonyl (C=O) groups is 2. The zero-order valence-corrected chi connectivity index (χ0v) is 16.2. The predicted molar refractivity (Wildman–Crippen MR) is 105 cm³/mol. The summed E-state index contributed by atoms with van der Waals surface area (Å²) >= 11 is 0. The Kier molecular flexibility index (Phi) is 7.23. The maximum absolute atomic E-state index is 12.0. The van der Waals surface area contributed by atoms with Crippen molar-refractivity contribution in [3.05, 3.63) is 59.7 Å². The number of aryl methyl sites for hydroxylation is 1. The summed E-state index contributed by atoms with van der Waals surface area (Å²) in [6.45, 7) is 3.57. The third kappa shape index (κ3) is 6.66. The summed E-state index contributed by atoms with van der Waals surface area (Å²) in [4.78, 5) is 25.9. The van der Waals surface area contributed by atoms with Gasteiger partial charge in [0.15, 0.2) is 12.7 Å². The number of rotatable bonds is 8. The smallest absolute Gasteiger partial charge is 0.347 e. The molecule has 0 saturated heterocycles.